The lowest BCUT2D eigenvalue weighted by Crippen LogP contribution is -2.39. The van der Waals surface area contributed by atoms with Gasteiger partial charge in [-0.2, -0.15) is 0 Å². The molecule has 4 heteroatoms. The van der Waals surface area contributed by atoms with Gasteiger partial charge in [0.15, 0.2) is 0 Å². The minimum atomic E-state index is 0.00216. The Balaban J connectivity index is 2.22. The quantitative estimate of drug-likeness (QED) is 0.879. The number of hydrogen-bond donors (Lipinski definition) is 1. The van der Waals surface area contributed by atoms with Crippen molar-refractivity contribution in [1.82, 2.24) is 9.88 Å². The molecule has 108 valence electrons. The van der Waals surface area contributed by atoms with E-state index in [0.29, 0.717) is 0 Å². The predicted octanol–water partition coefficient (Wildman–Crippen LogP) is 2.89. The fourth-order valence-corrected chi connectivity index (χ4v) is 2.51. The van der Waals surface area contributed by atoms with Gasteiger partial charge in [0, 0.05) is 25.0 Å². The Kier molecular flexibility index (Phi) is 4.93. The number of furan rings is 1. The highest BCUT2D eigenvalue weighted by molar-refractivity contribution is 5.14. The SMILES string of the molecule is CCN(Cc1ccncc1)C(c1ccc(C)o1)C(C)N. The average Bonchev–Trinajstić information content (AvgIpc) is 2.85. The van der Waals surface area contributed by atoms with Crippen molar-refractivity contribution in [2.45, 2.75) is 39.4 Å². The van der Waals surface area contributed by atoms with Crippen LogP contribution in [0.4, 0.5) is 0 Å². The summed E-state index contributed by atoms with van der Waals surface area (Å²) in [6, 6.07) is 8.18. The van der Waals surface area contributed by atoms with Crippen LogP contribution in [0, 0.1) is 6.92 Å². The molecule has 0 aromatic carbocycles. The zero-order valence-corrected chi connectivity index (χ0v) is 12.4. The summed E-state index contributed by atoms with van der Waals surface area (Å²) in [5.41, 5.74) is 7.43. The molecule has 0 fully saturated rings. The Morgan fingerprint density at radius 2 is 1.95 bits per heavy atom. The fraction of sp³-hybridized carbons (Fsp3) is 0.438. The van der Waals surface area contributed by atoms with E-state index in [9.17, 15) is 0 Å². The molecule has 2 N–H and O–H groups in total. The summed E-state index contributed by atoms with van der Waals surface area (Å²) in [7, 11) is 0. The minimum Gasteiger partial charge on any atom is -0.465 e. The van der Waals surface area contributed by atoms with Crippen LogP contribution in [0.1, 0.15) is 37.0 Å². The Morgan fingerprint density at radius 3 is 2.45 bits per heavy atom. The number of likely N-dealkylation sites (N-methyl/N-ethyl adjacent to an activating group) is 1. The van der Waals surface area contributed by atoms with Gasteiger partial charge in [-0.1, -0.05) is 6.92 Å². The Labute approximate surface area is 120 Å². The highest BCUT2D eigenvalue weighted by atomic mass is 16.3. The van der Waals surface area contributed by atoms with Gasteiger partial charge < -0.3 is 10.2 Å². The lowest BCUT2D eigenvalue weighted by molar-refractivity contribution is 0.153. The molecule has 2 rings (SSSR count). The number of aromatic nitrogens is 1. The molecule has 0 amide bonds. The maximum absolute atomic E-state index is 6.19. The first-order valence-corrected chi connectivity index (χ1v) is 7.06. The molecule has 2 aromatic rings. The molecule has 0 bridgehead atoms. The Hall–Kier alpha value is -1.65. The molecular formula is C16H23N3O. The zero-order valence-electron chi connectivity index (χ0n) is 12.4. The van der Waals surface area contributed by atoms with Crippen LogP contribution < -0.4 is 5.73 Å². The highest BCUT2D eigenvalue weighted by Crippen LogP contribution is 2.26. The van der Waals surface area contributed by atoms with Crippen molar-refractivity contribution in [3.63, 3.8) is 0 Å². The summed E-state index contributed by atoms with van der Waals surface area (Å²) in [6.07, 6.45) is 3.64. The first-order valence-electron chi connectivity index (χ1n) is 7.06. The van der Waals surface area contributed by atoms with Crippen LogP contribution in [0.5, 0.6) is 0 Å². The van der Waals surface area contributed by atoms with E-state index in [1.54, 1.807) is 0 Å². The van der Waals surface area contributed by atoms with Crippen molar-refractivity contribution in [2.24, 2.45) is 5.73 Å². The maximum atomic E-state index is 6.19. The van der Waals surface area contributed by atoms with E-state index in [2.05, 4.69) is 16.8 Å². The maximum Gasteiger partial charge on any atom is 0.122 e. The Morgan fingerprint density at radius 1 is 1.25 bits per heavy atom. The van der Waals surface area contributed by atoms with Crippen molar-refractivity contribution in [3.8, 4) is 0 Å². The second-order valence-electron chi connectivity index (χ2n) is 5.17. The molecule has 0 spiro atoms. The van der Waals surface area contributed by atoms with E-state index in [0.717, 1.165) is 24.6 Å². The molecule has 0 radical (unpaired) electrons. The van der Waals surface area contributed by atoms with Crippen molar-refractivity contribution in [2.75, 3.05) is 6.54 Å². The van der Waals surface area contributed by atoms with Gasteiger partial charge in [0.25, 0.3) is 0 Å². The molecule has 0 aliphatic carbocycles. The van der Waals surface area contributed by atoms with Crippen molar-refractivity contribution >= 4 is 0 Å². The largest absolute Gasteiger partial charge is 0.465 e. The summed E-state index contributed by atoms with van der Waals surface area (Å²) in [4.78, 5) is 6.39. The highest BCUT2D eigenvalue weighted by Gasteiger charge is 2.25. The van der Waals surface area contributed by atoms with Gasteiger partial charge in [-0.25, -0.2) is 0 Å². The standard InChI is InChI=1S/C16H23N3O/c1-4-19(11-14-7-9-18-10-8-14)16(13(3)17)15-6-5-12(2)20-15/h5-10,13,16H,4,11,17H2,1-3H3. The van der Waals surface area contributed by atoms with Crippen LogP contribution in [-0.4, -0.2) is 22.5 Å². The molecule has 0 aliphatic heterocycles. The van der Waals surface area contributed by atoms with E-state index >= 15 is 0 Å². The molecule has 2 aromatic heterocycles. The summed E-state index contributed by atoms with van der Waals surface area (Å²) >= 11 is 0. The molecule has 0 aliphatic rings. The topological polar surface area (TPSA) is 55.3 Å². The smallest absolute Gasteiger partial charge is 0.122 e. The van der Waals surface area contributed by atoms with Gasteiger partial charge in [-0.3, -0.25) is 9.88 Å². The summed E-state index contributed by atoms with van der Waals surface area (Å²) in [6.45, 7) is 7.88. The minimum absolute atomic E-state index is 0.00216. The summed E-state index contributed by atoms with van der Waals surface area (Å²) in [5, 5.41) is 0. The number of nitrogens with zero attached hydrogens (tertiary/aromatic N) is 2. The van der Waals surface area contributed by atoms with Gasteiger partial charge in [0.2, 0.25) is 0 Å². The number of aryl methyl sites for hydroxylation is 1. The average molecular weight is 273 g/mol. The lowest BCUT2D eigenvalue weighted by atomic mass is 10.1. The zero-order chi connectivity index (χ0) is 14.5. The third kappa shape index (κ3) is 3.46. The van der Waals surface area contributed by atoms with Crippen LogP contribution in [-0.2, 0) is 6.54 Å². The predicted molar refractivity (Wildman–Crippen MR) is 80.2 cm³/mol. The normalized spacial score (nSPS) is 14.4. The van der Waals surface area contributed by atoms with Gasteiger partial charge >= 0.3 is 0 Å². The first kappa shape index (κ1) is 14.8. The monoisotopic (exact) mass is 273 g/mol. The molecule has 20 heavy (non-hydrogen) atoms. The summed E-state index contributed by atoms with van der Waals surface area (Å²) in [5.74, 6) is 1.86. The van der Waals surface area contributed by atoms with Crippen molar-refractivity contribution in [3.05, 3.63) is 53.7 Å². The second-order valence-corrected chi connectivity index (χ2v) is 5.17. The van der Waals surface area contributed by atoms with Gasteiger partial charge in [0.05, 0.1) is 6.04 Å². The van der Waals surface area contributed by atoms with Gasteiger partial charge in [-0.15, -0.1) is 0 Å². The van der Waals surface area contributed by atoms with E-state index in [1.165, 1.54) is 5.56 Å². The molecule has 2 unspecified atom stereocenters. The first-order chi connectivity index (χ1) is 9.61. The molecule has 0 saturated carbocycles. The second kappa shape index (κ2) is 6.68. The van der Waals surface area contributed by atoms with Gasteiger partial charge in [-0.05, 0) is 50.2 Å². The van der Waals surface area contributed by atoms with Crippen LogP contribution in [0.25, 0.3) is 0 Å². The molecule has 0 saturated heterocycles. The Bertz CT molecular complexity index is 522. The van der Waals surface area contributed by atoms with E-state index in [-0.39, 0.29) is 12.1 Å². The van der Waals surface area contributed by atoms with E-state index < -0.39 is 0 Å². The molecule has 2 atom stereocenters. The van der Waals surface area contributed by atoms with Gasteiger partial charge in [0.1, 0.15) is 11.5 Å². The van der Waals surface area contributed by atoms with Crippen LogP contribution in [0.3, 0.4) is 0 Å². The molecule has 2 heterocycles. The third-order valence-corrected chi connectivity index (χ3v) is 3.49. The van der Waals surface area contributed by atoms with Crippen molar-refractivity contribution in [1.29, 1.82) is 0 Å². The molecular weight excluding hydrogens is 250 g/mol. The van der Waals surface area contributed by atoms with Crippen molar-refractivity contribution < 1.29 is 4.42 Å². The lowest BCUT2D eigenvalue weighted by Gasteiger charge is -2.32. The summed E-state index contributed by atoms with van der Waals surface area (Å²) < 4.78 is 5.79. The third-order valence-electron chi connectivity index (χ3n) is 3.49. The number of hydrogen-bond acceptors (Lipinski definition) is 4. The number of rotatable bonds is 6. The molecule has 4 nitrogen and oxygen atoms in total. The number of pyridine rings is 1. The number of nitrogens with two attached hydrogens (primary N) is 1. The fourth-order valence-electron chi connectivity index (χ4n) is 2.51. The van der Waals surface area contributed by atoms with E-state index in [1.807, 2.05) is 50.5 Å². The van der Waals surface area contributed by atoms with Crippen LogP contribution in [0.2, 0.25) is 0 Å². The van der Waals surface area contributed by atoms with Crippen LogP contribution in [0.15, 0.2) is 41.1 Å². The van der Waals surface area contributed by atoms with Crippen LogP contribution >= 0.6 is 0 Å². The van der Waals surface area contributed by atoms with E-state index in [4.69, 9.17) is 10.2 Å².